The summed E-state index contributed by atoms with van der Waals surface area (Å²) in [5.41, 5.74) is -0.720. The molecule has 0 aliphatic carbocycles. The molecule has 4 nitrogen and oxygen atoms in total. The number of nitrogens with zero attached hydrogens (tertiary/aromatic N) is 1. The molecule has 1 heterocycles. The number of carbonyl (C=O) groups is 2. The quantitative estimate of drug-likeness (QED) is 0.703. The summed E-state index contributed by atoms with van der Waals surface area (Å²) in [5.74, 6) is 0. The zero-order valence-corrected chi connectivity index (χ0v) is 8.53. The Morgan fingerprint density at radius 1 is 1.64 bits per heavy atom. The highest BCUT2D eigenvalue weighted by atomic mass is 16.4. The van der Waals surface area contributed by atoms with Crippen LogP contribution in [0, 0.1) is 0 Å². The van der Waals surface area contributed by atoms with Gasteiger partial charge in [-0.15, -0.1) is 0 Å². The van der Waals surface area contributed by atoms with Gasteiger partial charge in [-0.05, 0) is 19.3 Å². The number of amides is 1. The van der Waals surface area contributed by atoms with Gasteiger partial charge in [0.05, 0.1) is 0 Å². The fraction of sp³-hybridized carbons (Fsp3) is 0.800. The predicted molar refractivity (Wildman–Crippen MR) is 52.3 cm³/mol. The first-order chi connectivity index (χ1) is 6.66. The number of hydrogen-bond donors (Lipinski definition) is 1. The van der Waals surface area contributed by atoms with Crippen molar-refractivity contribution in [2.45, 2.75) is 44.6 Å². The molecule has 1 rings (SSSR count). The third kappa shape index (κ3) is 1.89. The Labute approximate surface area is 83.9 Å². The Kier molecular flexibility index (Phi) is 3.49. The third-order valence-electron chi connectivity index (χ3n) is 2.94. The molecule has 0 aromatic rings. The van der Waals surface area contributed by atoms with Crippen LogP contribution in [0.3, 0.4) is 0 Å². The molecular weight excluding hydrogens is 182 g/mol. The van der Waals surface area contributed by atoms with Gasteiger partial charge in [0.1, 0.15) is 11.8 Å². The van der Waals surface area contributed by atoms with Crippen LogP contribution in [0.5, 0.6) is 0 Å². The maximum absolute atomic E-state index is 11.0. The highest BCUT2D eigenvalue weighted by Crippen LogP contribution is 2.32. The van der Waals surface area contributed by atoms with Crippen LogP contribution in [0.4, 0.5) is 4.79 Å². The number of likely N-dealkylation sites (tertiary alicyclic amines) is 1. The molecular formula is C10H17NO3. The van der Waals surface area contributed by atoms with Crippen LogP contribution in [0.1, 0.15) is 39.0 Å². The number of carbonyl (C=O) groups excluding carboxylic acids is 1. The molecule has 1 unspecified atom stereocenters. The normalized spacial score (nSPS) is 26.5. The van der Waals surface area contributed by atoms with Gasteiger partial charge in [0.25, 0.3) is 0 Å². The van der Waals surface area contributed by atoms with Crippen molar-refractivity contribution in [3.05, 3.63) is 0 Å². The number of carboxylic acid groups (broad SMARTS) is 1. The molecule has 0 saturated carbocycles. The number of unbranched alkanes of at least 4 members (excludes halogenated alkanes) is 1. The summed E-state index contributed by atoms with van der Waals surface area (Å²) >= 11 is 0. The second kappa shape index (κ2) is 4.44. The molecule has 1 saturated heterocycles. The molecule has 0 spiro atoms. The van der Waals surface area contributed by atoms with Crippen molar-refractivity contribution in [1.82, 2.24) is 4.90 Å². The van der Waals surface area contributed by atoms with Crippen LogP contribution >= 0.6 is 0 Å². The average Bonchev–Trinajstić information content (AvgIpc) is 2.59. The zero-order chi connectivity index (χ0) is 10.6. The van der Waals surface area contributed by atoms with Gasteiger partial charge in [0.2, 0.25) is 0 Å². The Balaban J connectivity index is 2.74. The van der Waals surface area contributed by atoms with Crippen LogP contribution in [0.2, 0.25) is 0 Å². The summed E-state index contributed by atoms with van der Waals surface area (Å²) in [6, 6.07) is 0. The van der Waals surface area contributed by atoms with Crippen LogP contribution in [-0.4, -0.2) is 34.5 Å². The Morgan fingerprint density at radius 2 is 2.36 bits per heavy atom. The second-order valence-electron chi connectivity index (χ2n) is 3.86. The Bertz CT molecular complexity index is 229. The molecule has 80 valence electrons. The van der Waals surface area contributed by atoms with Gasteiger partial charge in [-0.2, -0.15) is 0 Å². The van der Waals surface area contributed by atoms with Gasteiger partial charge < -0.3 is 9.90 Å². The lowest BCUT2D eigenvalue weighted by Crippen LogP contribution is -2.48. The van der Waals surface area contributed by atoms with Crippen LogP contribution in [0.25, 0.3) is 0 Å². The number of aldehydes is 1. The monoisotopic (exact) mass is 199 g/mol. The van der Waals surface area contributed by atoms with Gasteiger partial charge in [-0.1, -0.05) is 19.8 Å². The fourth-order valence-corrected chi connectivity index (χ4v) is 2.11. The summed E-state index contributed by atoms with van der Waals surface area (Å²) in [5, 5.41) is 8.95. The Hall–Kier alpha value is -1.06. The van der Waals surface area contributed by atoms with Crippen molar-refractivity contribution in [3.63, 3.8) is 0 Å². The van der Waals surface area contributed by atoms with Crippen molar-refractivity contribution >= 4 is 12.4 Å². The van der Waals surface area contributed by atoms with Crippen LogP contribution < -0.4 is 0 Å². The lowest BCUT2D eigenvalue weighted by Gasteiger charge is -2.31. The molecule has 1 N–H and O–H groups in total. The van der Waals surface area contributed by atoms with E-state index in [1.807, 2.05) is 6.92 Å². The summed E-state index contributed by atoms with van der Waals surface area (Å²) in [6.45, 7) is 2.54. The molecule has 0 bridgehead atoms. The van der Waals surface area contributed by atoms with E-state index in [1.165, 1.54) is 4.90 Å². The maximum Gasteiger partial charge on any atom is 0.408 e. The van der Waals surface area contributed by atoms with Gasteiger partial charge in [-0.3, -0.25) is 4.90 Å². The van der Waals surface area contributed by atoms with E-state index in [4.69, 9.17) is 5.11 Å². The van der Waals surface area contributed by atoms with Crippen molar-refractivity contribution < 1.29 is 14.7 Å². The van der Waals surface area contributed by atoms with E-state index in [1.54, 1.807) is 0 Å². The second-order valence-corrected chi connectivity index (χ2v) is 3.86. The van der Waals surface area contributed by atoms with Gasteiger partial charge in [-0.25, -0.2) is 4.79 Å². The topological polar surface area (TPSA) is 57.6 Å². The molecule has 1 aliphatic rings. The highest BCUT2D eigenvalue weighted by Gasteiger charge is 2.42. The summed E-state index contributed by atoms with van der Waals surface area (Å²) < 4.78 is 0. The molecule has 0 aromatic carbocycles. The van der Waals surface area contributed by atoms with E-state index in [0.717, 1.165) is 25.5 Å². The van der Waals surface area contributed by atoms with Crippen molar-refractivity contribution in [3.8, 4) is 0 Å². The first kappa shape index (κ1) is 11.0. The number of rotatable bonds is 4. The van der Waals surface area contributed by atoms with Crippen molar-refractivity contribution in [2.75, 3.05) is 6.54 Å². The Morgan fingerprint density at radius 3 is 2.86 bits per heavy atom. The molecule has 0 radical (unpaired) electrons. The summed E-state index contributed by atoms with van der Waals surface area (Å²) in [7, 11) is 0. The van der Waals surface area contributed by atoms with E-state index < -0.39 is 11.6 Å². The predicted octanol–water partition coefficient (Wildman–Crippen LogP) is 1.89. The zero-order valence-electron chi connectivity index (χ0n) is 8.53. The SMILES string of the molecule is CCCCC1(C=O)CCCN1C(=O)O. The maximum atomic E-state index is 11.0. The summed E-state index contributed by atoms with van der Waals surface area (Å²) in [4.78, 5) is 23.3. The smallest absolute Gasteiger partial charge is 0.408 e. The van der Waals surface area contributed by atoms with Gasteiger partial charge >= 0.3 is 6.09 Å². The lowest BCUT2D eigenvalue weighted by atomic mass is 9.91. The van der Waals surface area contributed by atoms with E-state index in [0.29, 0.717) is 19.4 Å². The molecule has 1 amide bonds. The largest absolute Gasteiger partial charge is 0.465 e. The molecule has 1 atom stereocenters. The standard InChI is InChI=1S/C10H17NO3/c1-2-3-5-10(8-12)6-4-7-11(10)9(13)14/h8H,2-7H2,1H3,(H,13,14). The van der Waals surface area contributed by atoms with Crippen LogP contribution in [-0.2, 0) is 4.79 Å². The van der Waals surface area contributed by atoms with Gasteiger partial charge in [0, 0.05) is 6.54 Å². The molecule has 1 fully saturated rings. The third-order valence-corrected chi connectivity index (χ3v) is 2.94. The fourth-order valence-electron chi connectivity index (χ4n) is 2.11. The first-order valence-corrected chi connectivity index (χ1v) is 5.13. The molecule has 14 heavy (non-hydrogen) atoms. The van der Waals surface area contributed by atoms with Crippen molar-refractivity contribution in [2.24, 2.45) is 0 Å². The van der Waals surface area contributed by atoms with E-state index in [2.05, 4.69) is 0 Å². The number of hydrogen-bond acceptors (Lipinski definition) is 2. The lowest BCUT2D eigenvalue weighted by molar-refractivity contribution is -0.116. The van der Waals surface area contributed by atoms with Crippen molar-refractivity contribution in [1.29, 1.82) is 0 Å². The minimum absolute atomic E-state index is 0.498. The minimum atomic E-state index is -0.967. The van der Waals surface area contributed by atoms with E-state index in [-0.39, 0.29) is 0 Å². The van der Waals surface area contributed by atoms with E-state index >= 15 is 0 Å². The summed E-state index contributed by atoms with van der Waals surface area (Å²) in [6.07, 6.45) is 3.90. The van der Waals surface area contributed by atoms with Crippen LogP contribution in [0.15, 0.2) is 0 Å². The first-order valence-electron chi connectivity index (χ1n) is 5.13. The molecule has 4 heteroatoms. The molecule has 0 aromatic heterocycles. The average molecular weight is 199 g/mol. The minimum Gasteiger partial charge on any atom is -0.465 e. The highest BCUT2D eigenvalue weighted by molar-refractivity contribution is 5.76. The molecule has 1 aliphatic heterocycles. The van der Waals surface area contributed by atoms with Gasteiger partial charge in [0.15, 0.2) is 0 Å². The van der Waals surface area contributed by atoms with E-state index in [9.17, 15) is 9.59 Å².